The largest absolute Gasteiger partial charge is 0.534 e. The Hall–Kier alpha value is -2.57. The second kappa shape index (κ2) is 6.28. The first-order chi connectivity index (χ1) is 10.7. The van der Waals surface area contributed by atoms with Crippen molar-refractivity contribution in [3.8, 4) is 0 Å². The molecule has 1 unspecified atom stereocenters. The summed E-state index contributed by atoms with van der Waals surface area (Å²) in [6, 6.07) is 6.23. The van der Waals surface area contributed by atoms with Gasteiger partial charge in [0.25, 0.3) is 5.91 Å². The highest BCUT2D eigenvalue weighted by Gasteiger charge is 2.36. The van der Waals surface area contributed by atoms with E-state index >= 15 is 0 Å². The van der Waals surface area contributed by atoms with Crippen LogP contribution in [0.2, 0.25) is 0 Å². The van der Waals surface area contributed by atoms with E-state index in [1.807, 2.05) is 12.1 Å². The van der Waals surface area contributed by atoms with Gasteiger partial charge in [-0.3, -0.25) is 14.4 Å². The van der Waals surface area contributed by atoms with E-state index in [1.54, 1.807) is 32.9 Å². The van der Waals surface area contributed by atoms with E-state index in [4.69, 9.17) is 9.57 Å². The SMILES string of the molecule is CC(=O)NC1Cc2ccccc2N(OC(=O)OC(C)(C)C)C1=O. The predicted octanol–water partition coefficient (Wildman–Crippen LogP) is 1.95. The molecule has 23 heavy (non-hydrogen) atoms. The van der Waals surface area contributed by atoms with Crippen molar-refractivity contribution in [3.63, 3.8) is 0 Å². The first-order valence-corrected chi connectivity index (χ1v) is 7.27. The Morgan fingerprint density at radius 3 is 2.52 bits per heavy atom. The van der Waals surface area contributed by atoms with Gasteiger partial charge < -0.3 is 10.1 Å². The Kier molecular flexibility index (Phi) is 4.58. The Labute approximate surface area is 134 Å². The predicted molar refractivity (Wildman–Crippen MR) is 82.6 cm³/mol. The average Bonchev–Trinajstić information content (AvgIpc) is 2.41. The van der Waals surface area contributed by atoms with Crippen LogP contribution in [0.15, 0.2) is 24.3 Å². The van der Waals surface area contributed by atoms with Gasteiger partial charge in [-0.1, -0.05) is 18.2 Å². The van der Waals surface area contributed by atoms with E-state index in [-0.39, 0.29) is 5.91 Å². The molecular formula is C16H20N2O5. The number of nitrogens with one attached hydrogen (secondary N) is 1. The molecule has 0 spiro atoms. The highest BCUT2D eigenvalue weighted by molar-refractivity contribution is 6.01. The van der Waals surface area contributed by atoms with E-state index in [0.717, 1.165) is 10.6 Å². The Morgan fingerprint density at radius 2 is 1.91 bits per heavy atom. The molecule has 1 aliphatic rings. The molecule has 1 aliphatic heterocycles. The van der Waals surface area contributed by atoms with Gasteiger partial charge in [0.1, 0.15) is 11.6 Å². The van der Waals surface area contributed by atoms with Crippen LogP contribution < -0.4 is 10.4 Å². The van der Waals surface area contributed by atoms with E-state index in [0.29, 0.717) is 12.1 Å². The summed E-state index contributed by atoms with van der Waals surface area (Å²) >= 11 is 0. The molecule has 0 fully saturated rings. The average molecular weight is 320 g/mol. The first kappa shape index (κ1) is 16.8. The number of anilines is 1. The lowest BCUT2D eigenvalue weighted by Gasteiger charge is -2.32. The van der Waals surface area contributed by atoms with Crippen molar-refractivity contribution in [2.45, 2.75) is 45.8 Å². The highest BCUT2D eigenvalue weighted by atomic mass is 16.8. The number of carbonyl (C=O) groups excluding carboxylic acids is 3. The van der Waals surface area contributed by atoms with Gasteiger partial charge in [-0.05, 0) is 32.4 Å². The standard InChI is InChI=1S/C16H20N2O5/c1-10(19)17-12-9-11-7-5-6-8-13(11)18(14(12)20)23-15(21)22-16(2,3)4/h5-8,12H,9H2,1-4H3,(H,17,19). The van der Waals surface area contributed by atoms with Crippen LogP contribution in [0.3, 0.4) is 0 Å². The van der Waals surface area contributed by atoms with Gasteiger partial charge in [-0.2, -0.15) is 0 Å². The molecule has 2 amide bonds. The molecule has 0 radical (unpaired) electrons. The zero-order chi connectivity index (χ0) is 17.2. The molecule has 1 aromatic rings. The summed E-state index contributed by atoms with van der Waals surface area (Å²) in [6.45, 7) is 6.41. The van der Waals surface area contributed by atoms with E-state index in [2.05, 4.69) is 5.32 Å². The molecule has 1 aromatic carbocycles. The number of nitrogens with zero attached hydrogens (tertiary/aromatic N) is 1. The number of hydrogen-bond acceptors (Lipinski definition) is 5. The Morgan fingerprint density at radius 1 is 1.26 bits per heavy atom. The van der Waals surface area contributed by atoms with Gasteiger partial charge >= 0.3 is 6.16 Å². The molecule has 0 saturated heterocycles. The molecule has 1 heterocycles. The van der Waals surface area contributed by atoms with Crippen LogP contribution >= 0.6 is 0 Å². The second-order valence-electron chi connectivity index (χ2n) is 6.27. The maximum atomic E-state index is 12.5. The van der Waals surface area contributed by atoms with Crippen molar-refractivity contribution >= 4 is 23.7 Å². The number of carbonyl (C=O) groups is 3. The summed E-state index contributed by atoms with van der Waals surface area (Å²) in [4.78, 5) is 40.7. The van der Waals surface area contributed by atoms with Crippen LogP contribution in [0.25, 0.3) is 0 Å². The van der Waals surface area contributed by atoms with Crippen molar-refractivity contribution in [1.82, 2.24) is 5.32 Å². The Balaban J connectivity index is 2.26. The lowest BCUT2D eigenvalue weighted by molar-refractivity contribution is -0.131. The molecule has 0 bridgehead atoms. The number of amides is 2. The maximum absolute atomic E-state index is 12.5. The highest BCUT2D eigenvalue weighted by Crippen LogP contribution is 2.28. The van der Waals surface area contributed by atoms with Crippen LogP contribution in [0.1, 0.15) is 33.3 Å². The molecule has 2 rings (SSSR count). The van der Waals surface area contributed by atoms with E-state index < -0.39 is 23.7 Å². The smallest absolute Gasteiger partial charge is 0.427 e. The van der Waals surface area contributed by atoms with Gasteiger partial charge in [0.15, 0.2) is 0 Å². The number of fused-ring (bicyclic) bond motifs is 1. The van der Waals surface area contributed by atoms with Crippen LogP contribution in [0.4, 0.5) is 10.5 Å². The van der Waals surface area contributed by atoms with Crippen LogP contribution in [0, 0.1) is 0 Å². The minimum atomic E-state index is -0.982. The van der Waals surface area contributed by atoms with Gasteiger partial charge in [-0.25, -0.2) is 4.79 Å². The third-order valence-corrected chi connectivity index (χ3v) is 3.07. The van der Waals surface area contributed by atoms with Gasteiger partial charge in [-0.15, -0.1) is 5.06 Å². The van der Waals surface area contributed by atoms with Gasteiger partial charge in [0, 0.05) is 13.3 Å². The third-order valence-electron chi connectivity index (χ3n) is 3.07. The molecule has 7 nitrogen and oxygen atoms in total. The molecule has 1 atom stereocenters. The summed E-state index contributed by atoms with van der Waals surface area (Å²) < 4.78 is 5.08. The number of para-hydroxylation sites is 1. The molecule has 0 aromatic heterocycles. The fourth-order valence-corrected chi connectivity index (χ4v) is 2.24. The first-order valence-electron chi connectivity index (χ1n) is 7.27. The third kappa shape index (κ3) is 4.21. The lowest BCUT2D eigenvalue weighted by atomic mass is 9.98. The number of hydrogen-bond donors (Lipinski definition) is 1. The summed E-state index contributed by atoms with van der Waals surface area (Å²) in [5.74, 6) is -0.857. The quantitative estimate of drug-likeness (QED) is 0.842. The maximum Gasteiger partial charge on any atom is 0.534 e. The van der Waals surface area contributed by atoms with Crippen LogP contribution in [0.5, 0.6) is 0 Å². The Bertz CT molecular complexity index is 636. The number of hydroxylamine groups is 1. The second-order valence-corrected chi connectivity index (χ2v) is 6.27. The van der Waals surface area contributed by atoms with Crippen LogP contribution in [-0.2, 0) is 25.6 Å². The van der Waals surface area contributed by atoms with Crippen molar-refractivity contribution < 1.29 is 24.0 Å². The molecule has 1 N–H and O–H groups in total. The number of ether oxygens (including phenoxy) is 1. The van der Waals surface area contributed by atoms with Crippen LogP contribution in [-0.4, -0.2) is 29.6 Å². The fourth-order valence-electron chi connectivity index (χ4n) is 2.24. The van der Waals surface area contributed by atoms with E-state index in [9.17, 15) is 14.4 Å². The molecule has 124 valence electrons. The normalized spacial score (nSPS) is 17.3. The minimum absolute atomic E-state index is 0.333. The molecule has 0 aliphatic carbocycles. The number of benzene rings is 1. The van der Waals surface area contributed by atoms with Gasteiger partial charge in [0.2, 0.25) is 5.91 Å². The van der Waals surface area contributed by atoms with Crippen molar-refractivity contribution in [2.24, 2.45) is 0 Å². The fraction of sp³-hybridized carbons (Fsp3) is 0.438. The van der Waals surface area contributed by atoms with E-state index in [1.165, 1.54) is 6.92 Å². The van der Waals surface area contributed by atoms with Crippen molar-refractivity contribution in [1.29, 1.82) is 0 Å². The molecule has 7 heteroatoms. The molecular weight excluding hydrogens is 300 g/mol. The zero-order valence-electron chi connectivity index (χ0n) is 13.6. The monoisotopic (exact) mass is 320 g/mol. The van der Waals surface area contributed by atoms with Crippen molar-refractivity contribution in [2.75, 3.05) is 5.06 Å². The molecule has 0 saturated carbocycles. The van der Waals surface area contributed by atoms with Crippen molar-refractivity contribution in [3.05, 3.63) is 29.8 Å². The summed E-state index contributed by atoms with van der Waals surface area (Å²) in [6.07, 6.45) is -0.646. The summed E-state index contributed by atoms with van der Waals surface area (Å²) in [7, 11) is 0. The summed E-state index contributed by atoms with van der Waals surface area (Å²) in [5.41, 5.74) is 0.506. The zero-order valence-corrected chi connectivity index (χ0v) is 13.6. The summed E-state index contributed by atoms with van der Waals surface area (Å²) in [5, 5.41) is 3.44. The lowest BCUT2D eigenvalue weighted by Crippen LogP contribution is -2.53. The topological polar surface area (TPSA) is 84.9 Å². The minimum Gasteiger partial charge on any atom is -0.427 e. The number of rotatable bonds is 2. The van der Waals surface area contributed by atoms with Gasteiger partial charge in [0.05, 0.1) is 5.69 Å².